The summed E-state index contributed by atoms with van der Waals surface area (Å²) in [6, 6.07) is 0. The summed E-state index contributed by atoms with van der Waals surface area (Å²) in [5, 5.41) is 13.0. The first-order valence-corrected chi connectivity index (χ1v) is 3.51. The SMILES string of the molecule is COC[N+]1([O-])CC=CS1. The normalized spacial score (nSPS) is 33.6. The van der Waals surface area contributed by atoms with Gasteiger partial charge in [-0.3, -0.25) is 4.05 Å². The first-order valence-electron chi connectivity index (χ1n) is 2.67. The van der Waals surface area contributed by atoms with E-state index in [1.54, 1.807) is 0 Å². The lowest BCUT2D eigenvalue weighted by atomic mass is 10.6. The van der Waals surface area contributed by atoms with Gasteiger partial charge in [-0.25, -0.2) is 0 Å². The molecule has 1 atom stereocenters. The number of rotatable bonds is 2. The molecular weight excluding hydrogens is 138 g/mol. The van der Waals surface area contributed by atoms with Crippen LogP contribution in [-0.2, 0) is 4.74 Å². The maximum atomic E-state index is 11.2. The van der Waals surface area contributed by atoms with Gasteiger partial charge in [-0.15, -0.1) is 0 Å². The van der Waals surface area contributed by atoms with Gasteiger partial charge in [0.2, 0.25) is 0 Å². The molecule has 52 valence electrons. The third kappa shape index (κ3) is 1.69. The van der Waals surface area contributed by atoms with Gasteiger partial charge >= 0.3 is 0 Å². The number of hydrogen-bond acceptors (Lipinski definition) is 3. The number of hydroxylamine groups is 2. The molecule has 0 amide bonds. The minimum Gasteiger partial charge on any atom is -0.618 e. The van der Waals surface area contributed by atoms with Gasteiger partial charge in [0.15, 0.2) is 6.73 Å². The molecule has 1 aliphatic rings. The van der Waals surface area contributed by atoms with Crippen molar-refractivity contribution in [2.45, 2.75) is 0 Å². The molecule has 1 rings (SSSR count). The molecule has 0 spiro atoms. The van der Waals surface area contributed by atoms with Crippen LogP contribution in [0.15, 0.2) is 11.5 Å². The third-order valence-electron chi connectivity index (χ3n) is 1.06. The largest absolute Gasteiger partial charge is 0.618 e. The minimum absolute atomic E-state index is 0.234. The molecule has 0 fully saturated rings. The highest BCUT2D eigenvalue weighted by Crippen LogP contribution is 2.27. The Balaban J connectivity index is 2.36. The quantitative estimate of drug-likeness (QED) is 0.333. The van der Waals surface area contributed by atoms with Crippen LogP contribution in [0.1, 0.15) is 0 Å². The molecule has 0 N–H and O–H groups in total. The Bertz CT molecular complexity index is 118. The zero-order valence-corrected chi connectivity index (χ0v) is 6.06. The molecule has 0 saturated carbocycles. The van der Waals surface area contributed by atoms with E-state index in [9.17, 15) is 5.21 Å². The van der Waals surface area contributed by atoms with Gasteiger partial charge < -0.3 is 9.94 Å². The Morgan fingerprint density at radius 1 is 1.89 bits per heavy atom. The van der Waals surface area contributed by atoms with Crippen LogP contribution in [0.3, 0.4) is 0 Å². The van der Waals surface area contributed by atoms with Gasteiger partial charge in [-0.05, 0) is 6.08 Å². The molecule has 9 heavy (non-hydrogen) atoms. The summed E-state index contributed by atoms with van der Waals surface area (Å²) in [6.45, 7) is 0.760. The molecule has 1 aliphatic heterocycles. The topological polar surface area (TPSA) is 32.3 Å². The first-order chi connectivity index (χ1) is 4.27. The standard InChI is InChI=1S/C5H9NO2S/c1-8-5-6(7)3-2-4-9-6/h2,4H,3,5H2,1H3. The Morgan fingerprint density at radius 3 is 3.11 bits per heavy atom. The van der Waals surface area contributed by atoms with E-state index in [0.29, 0.717) is 6.54 Å². The van der Waals surface area contributed by atoms with Crippen LogP contribution in [0.2, 0.25) is 0 Å². The number of ether oxygens (including phenoxy) is 1. The molecule has 0 saturated heterocycles. The molecule has 0 aliphatic carbocycles. The second-order valence-electron chi connectivity index (χ2n) is 1.89. The molecule has 3 nitrogen and oxygen atoms in total. The Kier molecular flexibility index (Phi) is 2.13. The van der Waals surface area contributed by atoms with Gasteiger partial charge in [-0.2, -0.15) is 0 Å². The lowest BCUT2D eigenvalue weighted by Crippen LogP contribution is -2.33. The molecule has 0 bridgehead atoms. The van der Waals surface area contributed by atoms with E-state index in [4.69, 9.17) is 4.74 Å². The van der Waals surface area contributed by atoms with Crippen molar-refractivity contribution in [1.82, 2.24) is 0 Å². The highest BCUT2D eigenvalue weighted by Gasteiger charge is 2.19. The van der Waals surface area contributed by atoms with Crippen molar-refractivity contribution in [3.8, 4) is 0 Å². The summed E-state index contributed by atoms with van der Waals surface area (Å²) in [7, 11) is 1.54. The van der Waals surface area contributed by atoms with Crippen molar-refractivity contribution in [3.05, 3.63) is 16.7 Å². The second-order valence-corrected chi connectivity index (χ2v) is 3.04. The maximum absolute atomic E-state index is 11.2. The fourth-order valence-electron chi connectivity index (χ4n) is 0.680. The molecule has 1 unspecified atom stereocenters. The summed E-state index contributed by atoms with van der Waals surface area (Å²) in [5.41, 5.74) is 0. The predicted molar refractivity (Wildman–Crippen MR) is 37.1 cm³/mol. The van der Waals surface area contributed by atoms with E-state index in [1.165, 1.54) is 19.1 Å². The molecule has 0 radical (unpaired) electrons. The Morgan fingerprint density at radius 2 is 2.67 bits per heavy atom. The molecular formula is C5H9NO2S. The zero-order valence-electron chi connectivity index (χ0n) is 5.24. The predicted octanol–water partition coefficient (Wildman–Crippen LogP) is 1.08. The summed E-state index contributed by atoms with van der Waals surface area (Å²) in [4.78, 5) is 0. The van der Waals surface area contributed by atoms with Crippen LogP contribution in [0, 0.1) is 5.21 Å². The van der Waals surface area contributed by atoms with Crippen molar-refractivity contribution in [3.63, 3.8) is 0 Å². The molecule has 0 aromatic rings. The lowest BCUT2D eigenvalue weighted by Gasteiger charge is -2.33. The van der Waals surface area contributed by atoms with E-state index < -0.39 is 0 Å². The number of nitrogens with zero attached hydrogens (tertiary/aromatic N) is 1. The number of methoxy groups -OCH3 is 1. The highest BCUT2D eigenvalue weighted by atomic mass is 32.2. The van der Waals surface area contributed by atoms with E-state index in [0.717, 1.165) is 0 Å². The van der Waals surface area contributed by atoms with Crippen molar-refractivity contribution in [2.24, 2.45) is 0 Å². The fourth-order valence-corrected chi connectivity index (χ4v) is 1.41. The summed E-state index contributed by atoms with van der Waals surface area (Å²) in [6.07, 6.45) is 1.86. The van der Waals surface area contributed by atoms with E-state index in [1.807, 2.05) is 11.5 Å². The highest BCUT2D eigenvalue weighted by molar-refractivity contribution is 7.97. The zero-order chi connectivity index (χ0) is 6.74. The van der Waals surface area contributed by atoms with Crippen LogP contribution in [0.5, 0.6) is 0 Å². The van der Waals surface area contributed by atoms with E-state index in [-0.39, 0.29) is 10.8 Å². The Hall–Kier alpha value is -0.0300. The minimum atomic E-state index is -0.323. The first kappa shape index (κ1) is 7.08. The Labute approximate surface area is 58.6 Å². The van der Waals surface area contributed by atoms with Gasteiger partial charge in [0.05, 0.1) is 0 Å². The molecule has 1 heterocycles. The van der Waals surface area contributed by atoms with Crippen LogP contribution in [0.25, 0.3) is 0 Å². The van der Waals surface area contributed by atoms with Crippen LogP contribution in [-0.4, -0.2) is 24.4 Å². The van der Waals surface area contributed by atoms with E-state index >= 15 is 0 Å². The van der Waals surface area contributed by atoms with Crippen molar-refractivity contribution >= 4 is 11.9 Å². The smallest absolute Gasteiger partial charge is 0.193 e. The van der Waals surface area contributed by atoms with Crippen molar-refractivity contribution in [1.29, 1.82) is 0 Å². The third-order valence-corrected chi connectivity index (χ3v) is 2.01. The van der Waals surface area contributed by atoms with E-state index in [2.05, 4.69) is 0 Å². The molecule has 0 aromatic heterocycles. The molecule has 4 heteroatoms. The number of hydrogen-bond donors (Lipinski definition) is 0. The van der Waals surface area contributed by atoms with Gasteiger partial charge in [0, 0.05) is 12.5 Å². The second kappa shape index (κ2) is 2.70. The summed E-state index contributed by atoms with van der Waals surface area (Å²) < 4.78 is 4.40. The number of quaternary nitrogens is 1. The maximum Gasteiger partial charge on any atom is 0.193 e. The summed E-state index contributed by atoms with van der Waals surface area (Å²) >= 11 is 1.25. The van der Waals surface area contributed by atoms with Gasteiger partial charge in [0.25, 0.3) is 0 Å². The van der Waals surface area contributed by atoms with Crippen molar-refractivity contribution < 1.29 is 8.79 Å². The van der Waals surface area contributed by atoms with Crippen molar-refractivity contribution in [2.75, 3.05) is 20.4 Å². The molecule has 0 aromatic carbocycles. The van der Waals surface area contributed by atoms with Gasteiger partial charge in [0.1, 0.15) is 18.5 Å². The van der Waals surface area contributed by atoms with Crippen LogP contribution < -0.4 is 0 Å². The van der Waals surface area contributed by atoms with Crippen LogP contribution >= 0.6 is 11.9 Å². The monoisotopic (exact) mass is 147 g/mol. The average molecular weight is 147 g/mol. The van der Waals surface area contributed by atoms with Gasteiger partial charge in [-0.1, -0.05) is 0 Å². The lowest BCUT2D eigenvalue weighted by molar-refractivity contribution is -0.756. The fraction of sp³-hybridized carbons (Fsp3) is 0.600. The average Bonchev–Trinajstić information content (AvgIpc) is 2.16. The summed E-state index contributed by atoms with van der Waals surface area (Å²) in [5.74, 6) is 0. The van der Waals surface area contributed by atoms with Crippen LogP contribution in [0.4, 0.5) is 0 Å².